The van der Waals surface area contributed by atoms with Gasteiger partial charge in [0.2, 0.25) is 5.34 Å². The molecule has 0 spiro atoms. The number of ether oxygens (including phenoxy) is 1. The molecule has 124 valence electrons. The van der Waals surface area contributed by atoms with Crippen LogP contribution in [0.3, 0.4) is 0 Å². The Kier molecular flexibility index (Phi) is 5.86. The molecule has 0 aromatic heterocycles. The van der Waals surface area contributed by atoms with E-state index in [0.717, 1.165) is 0 Å². The maximum Gasteiger partial charge on any atom is 0.422 e. The minimum atomic E-state index is -3.55. The van der Waals surface area contributed by atoms with Crippen molar-refractivity contribution in [2.24, 2.45) is 0 Å². The third kappa shape index (κ3) is 3.77. The van der Waals surface area contributed by atoms with Gasteiger partial charge in [-0.15, -0.1) is 0 Å². The van der Waals surface area contributed by atoms with E-state index in [2.05, 4.69) is 0 Å². The molecule has 2 aromatic carbocycles. The molecule has 0 aliphatic carbocycles. The molecule has 1 unspecified atom stereocenters. The van der Waals surface area contributed by atoms with Crippen molar-refractivity contribution in [2.75, 3.05) is 7.11 Å². The lowest BCUT2D eigenvalue weighted by molar-refractivity contribution is 0.104. The Hall–Kier alpha value is -1.77. The summed E-state index contributed by atoms with van der Waals surface area (Å²) >= 11 is 0. The lowest BCUT2D eigenvalue weighted by Crippen LogP contribution is -2.37. The van der Waals surface area contributed by atoms with Crippen LogP contribution >= 0.6 is 7.60 Å². The molecule has 0 radical (unpaired) electrons. The van der Waals surface area contributed by atoms with Gasteiger partial charge in [0.05, 0.1) is 0 Å². The van der Waals surface area contributed by atoms with E-state index in [-0.39, 0.29) is 0 Å². The maximum atomic E-state index is 13.5. The van der Waals surface area contributed by atoms with Crippen molar-refractivity contribution in [3.8, 4) is 11.5 Å². The van der Waals surface area contributed by atoms with Crippen molar-refractivity contribution in [1.82, 2.24) is 0 Å². The van der Waals surface area contributed by atoms with Crippen LogP contribution in [0.2, 0.25) is 0 Å². The Morgan fingerprint density at radius 3 is 1.78 bits per heavy atom. The van der Waals surface area contributed by atoms with Crippen molar-refractivity contribution in [1.29, 1.82) is 0 Å². The van der Waals surface area contributed by atoms with Crippen LogP contribution in [0, 0.1) is 0 Å². The molecule has 5 heteroatoms. The van der Waals surface area contributed by atoms with E-state index >= 15 is 0 Å². The fraction of sp³-hybridized carbons (Fsp3) is 0.333. The number of hydrogen-bond acceptors (Lipinski definition) is 4. The summed E-state index contributed by atoms with van der Waals surface area (Å²) in [5.74, 6) is 1.14. The van der Waals surface area contributed by atoms with E-state index in [9.17, 15) is 4.57 Å². The quantitative estimate of drug-likeness (QED) is 0.598. The highest BCUT2D eigenvalue weighted by Crippen LogP contribution is 2.62. The minimum Gasteiger partial charge on any atom is -0.473 e. The zero-order chi connectivity index (χ0) is 16.8. The Balaban J connectivity index is 2.37. The van der Waals surface area contributed by atoms with E-state index in [1.807, 2.05) is 62.4 Å². The summed E-state index contributed by atoms with van der Waals surface area (Å²) in [6.45, 7) is 3.85. The van der Waals surface area contributed by atoms with Crippen molar-refractivity contribution >= 4 is 7.60 Å². The molecular weight excluding hydrogens is 311 g/mol. The fourth-order valence-electron chi connectivity index (χ4n) is 2.45. The van der Waals surface area contributed by atoms with Crippen LogP contribution in [0.4, 0.5) is 0 Å². The van der Waals surface area contributed by atoms with Crippen molar-refractivity contribution in [3.63, 3.8) is 0 Å². The molecule has 0 heterocycles. The van der Waals surface area contributed by atoms with Gasteiger partial charge in [-0.1, -0.05) is 50.2 Å². The normalized spacial score (nSPS) is 14.0. The van der Waals surface area contributed by atoms with Gasteiger partial charge >= 0.3 is 7.60 Å². The topological polar surface area (TPSA) is 44.8 Å². The highest BCUT2D eigenvalue weighted by molar-refractivity contribution is 7.55. The largest absolute Gasteiger partial charge is 0.473 e. The Morgan fingerprint density at radius 1 is 0.870 bits per heavy atom. The molecule has 0 saturated carbocycles. The van der Waals surface area contributed by atoms with Gasteiger partial charge in [-0.3, -0.25) is 0 Å². The first-order valence-electron chi connectivity index (χ1n) is 7.73. The first-order chi connectivity index (χ1) is 11.1. The zero-order valence-electron chi connectivity index (χ0n) is 13.8. The number of benzene rings is 2. The Bertz CT molecular complexity index is 639. The molecule has 1 atom stereocenters. The average Bonchev–Trinajstić information content (AvgIpc) is 2.61. The van der Waals surface area contributed by atoms with Crippen molar-refractivity contribution in [2.45, 2.75) is 32.0 Å². The molecule has 0 N–H and O–H groups in total. The summed E-state index contributed by atoms with van der Waals surface area (Å²) in [6.07, 6.45) is 0.993. The number of para-hydroxylation sites is 2. The fourth-order valence-corrected chi connectivity index (χ4v) is 4.42. The van der Waals surface area contributed by atoms with Crippen LogP contribution in [-0.2, 0) is 9.09 Å². The molecule has 4 nitrogen and oxygen atoms in total. The van der Waals surface area contributed by atoms with Gasteiger partial charge in [-0.25, -0.2) is 4.57 Å². The van der Waals surface area contributed by atoms with Crippen LogP contribution in [0.1, 0.15) is 26.7 Å². The van der Waals surface area contributed by atoms with Gasteiger partial charge < -0.3 is 13.8 Å². The summed E-state index contributed by atoms with van der Waals surface area (Å²) in [5.41, 5.74) is 0. The molecule has 0 bridgehead atoms. The van der Waals surface area contributed by atoms with Crippen LogP contribution < -0.4 is 9.26 Å². The molecule has 2 aromatic rings. The molecule has 23 heavy (non-hydrogen) atoms. The number of rotatable bonds is 8. The lowest BCUT2D eigenvalue weighted by atomic mass is 10.2. The second kappa shape index (κ2) is 7.67. The summed E-state index contributed by atoms with van der Waals surface area (Å²) in [5, 5.41) is -1.04. The predicted octanol–water partition coefficient (Wildman–Crippen LogP) is 5.50. The Labute approximate surface area is 137 Å². The third-order valence-corrected chi connectivity index (χ3v) is 6.52. The predicted molar refractivity (Wildman–Crippen MR) is 92.1 cm³/mol. The molecule has 2 rings (SSSR count). The summed E-state index contributed by atoms with van der Waals surface area (Å²) in [6, 6.07) is 18.4. The highest BCUT2D eigenvalue weighted by Gasteiger charge is 2.52. The van der Waals surface area contributed by atoms with E-state index in [0.29, 0.717) is 24.3 Å². The lowest BCUT2D eigenvalue weighted by Gasteiger charge is -2.37. The summed E-state index contributed by atoms with van der Waals surface area (Å²) in [7, 11) is -2.15. The van der Waals surface area contributed by atoms with Crippen LogP contribution in [0.15, 0.2) is 60.7 Å². The monoisotopic (exact) mass is 334 g/mol. The smallest absolute Gasteiger partial charge is 0.422 e. The number of hydrogen-bond donors (Lipinski definition) is 0. The summed E-state index contributed by atoms with van der Waals surface area (Å²) < 4.78 is 30.7. The summed E-state index contributed by atoms with van der Waals surface area (Å²) in [4.78, 5) is 0. The van der Waals surface area contributed by atoms with E-state index in [1.165, 1.54) is 7.11 Å². The maximum absolute atomic E-state index is 13.5. The van der Waals surface area contributed by atoms with Gasteiger partial charge in [-0.2, -0.15) is 0 Å². The van der Waals surface area contributed by atoms with Crippen LogP contribution in [0.5, 0.6) is 11.5 Å². The van der Waals surface area contributed by atoms with Gasteiger partial charge in [-0.05, 0) is 37.1 Å². The highest BCUT2D eigenvalue weighted by atomic mass is 31.2. The standard InChI is InChI=1S/C18H23O4P/c1-4-18(5-2,21-16-12-8-6-9-13-16)23(19,20-3)22-17-14-10-7-11-15-17/h6-15H,4-5H2,1-3H3. The molecule has 0 saturated heterocycles. The van der Waals surface area contributed by atoms with Gasteiger partial charge in [0.25, 0.3) is 0 Å². The van der Waals surface area contributed by atoms with Crippen molar-refractivity contribution in [3.05, 3.63) is 60.7 Å². The molecule has 0 fully saturated rings. The molecule has 0 amide bonds. The molecule has 0 aliphatic heterocycles. The third-order valence-electron chi connectivity index (χ3n) is 3.86. The first kappa shape index (κ1) is 17.6. The first-order valence-corrected chi connectivity index (χ1v) is 9.28. The van der Waals surface area contributed by atoms with Crippen molar-refractivity contribution < 1.29 is 18.3 Å². The average molecular weight is 334 g/mol. The van der Waals surface area contributed by atoms with E-state index in [1.54, 1.807) is 12.1 Å². The minimum absolute atomic E-state index is 0.496. The zero-order valence-corrected chi connectivity index (χ0v) is 14.7. The second-order valence-electron chi connectivity index (χ2n) is 5.15. The van der Waals surface area contributed by atoms with Gasteiger partial charge in [0.1, 0.15) is 11.5 Å². The van der Waals surface area contributed by atoms with Gasteiger partial charge in [0.15, 0.2) is 0 Å². The van der Waals surface area contributed by atoms with Crippen LogP contribution in [0.25, 0.3) is 0 Å². The molecule has 0 aliphatic rings. The van der Waals surface area contributed by atoms with E-state index in [4.69, 9.17) is 13.8 Å². The SMILES string of the molecule is CCC(CC)(Oc1ccccc1)P(=O)(OC)Oc1ccccc1. The van der Waals surface area contributed by atoms with E-state index < -0.39 is 12.9 Å². The van der Waals surface area contributed by atoms with Gasteiger partial charge in [0, 0.05) is 7.11 Å². The van der Waals surface area contributed by atoms with Crippen LogP contribution in [-0.4, -0.2) is 12.5 Å². The molecular formula is C18H23O4P. The second-order valence-corrected chi connectivity index (χ2v) is 7.51. The Morgan fingerprint density at radius 2 is 1.35 bits per heavy atom.